The van der Waals surface area contributed by atoms with Gasteiger partial charge >= 0.3 is 0 Å². The molecule has 1 unspecified atom stereocenters. The molecular weight excluding hydrogens is 306 g/mol. The van der Waals surface area contributed by atoms with Crippen molar-refractivity contribution in [1.29, 1.82) is 0 Å². The van der Waals surface area contributed by atoms with E-state index in [1.165, 1.54) is 5.56 Å². The number of benzene rings is 1. The standard InChI is InChI=1S/C11H15Br2N/c1-9(12)7-14(2)8-10-4-3-5-11(13)6-10/h3-6,9H,7-8H2,1-2H3. The van der Waals surface area contributed by atoms with Crippen LogP contribution in [0.3, 0.4) is 0 Å². The fourth-order valence-corrected chi connectivity index (χ4v) is 2.38. The lowest BCUT2D eigenvalue weighted by Crippen LogP contribution is -2.23. The highest BCUT2D eigenvalue weighted by molar-refractivity contribution is 9.10. The first-order valence-electron chi connectivity index (χ1n) is 4.65. The Morgan fingerprint density at radius 3 is 2.71 bits per heavy atom. The molecule has 1 aromatic rings. The van der Waals surface area contributed by atoms with Crippen molar-refractivity contribution in [1.82, 2.24) is 4.90 Å². The molecule has 0 aromatic heterocycles. The molecule has 0 amide bonds. The summed E-state index contributed by atoms with van der Waals surface area (Å²) in [6.45, 7) is 4.22. The molecule has 0 aliphatic rings. The third-order valence-corrected chi connectivity index (χ3v) is 2.69. The molecule has 3 heteroatoms. The summed E-state index contributed by atoms with van der Waals surface area (Å²) in [6.07, 6.45) is 0. The van der Waals surface area contributed by atoms with Crippen molar-refractivity contribution < 1.29 is 0 Å². The first-order valence-corrected chi connectivity index (χ1v) is 6.36. The Balaban J connectivity index is 2.51. The Hall–Kier alpha value is 0.140. The van der Waals surface area contributed by atoms with Crippen molar-refractivity contribution in [3.8, 4) is 0 Å². The van der Waals surface area contributed by atoms with Gasteiger partial charge in [0.1, 0.15) is 0 Å². The molecular formula is C11H15Br2N. The molecule has 1 nitrogen and oxygen atoms in total. The highest BCUT2D eigenvalue weighted by Gasteiger charge is 2.03. The van der Waals surface area contributed by atoms with Gasteiger partial charge in [0, 0.05) is 22.4 Å². The first-order chi connectivity index (χ1) is 6.58. The van der Waals surface area contributed by atoms with Gasteiger partial charge in [-0.2, -0.15) is 0 Å². The van der Waals surface area contributed by atoms with Gasteiger partial charge in [0.25, 0.3) is 0 Å². The lowest BCUT2D eigenvalue weighted by atomic mass is 10.2. The van der Waals surface area contributed by atoms with Gasteiger partial charge in [0.2, 0.25) is 0 Å². The summed E-state index contributed by atoms with van der Waals surface area (Å²) >= 11 is 7.03. The minimum Gasteiger partial charge on any atom is -0.301 e. The average Bonchev–Trinajstić information content (AvgIpc) is 2.01. The monoisotopic (exact) mass is 319 g/mol. The lowest BCUT2D eigenvalue weighted by molar-refractivity contribution is 0.333. The summed E-state index contributed by atoms with van der Waals surface area (Å²) in [7, 11) is 2.14. The van der Waals surface area contributed by atoms with Crippen LogP contribution in [0.4, 0.5) is 0 Å². The molecule has 0 heterocycles. The molecule has 78 valence electrons. The van der Waals surface area contributed by atoms with E-state index >= 15 is 0 Å². The van der Waals surface area contributed by atoms with Crippen molar-refractivity contribution in [3.05, 3.63) is 34.3 Å². The maximum atomic E-state index is 3.55. The van der Waals surface area contributed by atoms with E-state index < -0.39 is 0 Å². The largest absolute Gasteiger partial charge is 0.301 e. The molecule has 0 saturated carbocycles. The molecule has 1 aromatic carbocycles. The van der Waals surface area contributed by atoms with Crippen LogP contribution in [0, 0.1) is 0 Å². The van der Waals surface area contributed by atoms with Crippen LogP contribution in [0.15, 0.2) is 28.7 Å². The lowest BCUT2D eigenvalue weighted by Gasteiger charge is -2.18. The number of hydrogen-bond donors (Lipinski definition) is 0. The second-order valence-corrected chi connectivity index (χ2v) is 6.09. The van der Waals surface area contributed by atoms with Crippen LogP contribution in [-0.2, 0) is 6.54 Å². The molecule has 1 atom stereocenters. The summed E-state index contributed by atoms with van der Waals surface area (Å²) in [6, 6.07) is 8.44. The van der Waals surface area contributed by atoms with Crippen LogP contribution in [0.1, 0.15) is 12.5 Å². The number of rotatable bonds is 4. The van der Waals surface area contributed by atoms with Gasteiger partial charge in [0.15, 0.2) is 0 Å². The van der Waals surface area contributed by atoms with Crippen LogP contribution < -0.4 is 0 Å². The molecule has 0 fully saturated rings. The average molecular weight is 321 g/mol. The zero-order valence-electron chi connectivity index (χ0n) is 8.50. The quantitative estimate of drug-likeness (QED) is 0.765. The smallest absolute Gasteiger partial charge is 0.0244 e. The van der Waals surface area contributed by atoms with E-state index in [-0.39, 0.29) is 0 Å². The Bertz CT molecular complexity index is 286. The van der Waals surface area contributed by atoms with Gasteiger partial charge in [-0.25, -0.2) is 0 Å². The molecule has 0 bridgehead atoms. The van der Waals surface area contributed by atoms with E-state index in [1.807, 2.05) is 0 Å². The van der Waals surface area contributed by atoms with E-state index in [0.717, 1.165) is 17.6 Å². The Morgan fingerprint density at radius 2 is 2.14 bits per heavy atom. The van der Waals surface area contributed by atoms with Crippen molar-refractivity contribution >= 4 is 31.9 Å². The minimum absolute atomic E-state index is 0.541. The summed E-state index contributed by atoms with van der Waals surface area (Å²) in [4.78, 5) is 2.85. The van der Waals surface area contributed by atoms with E-state index in [0.29, 0.717) is 4.83 Å². The van der Waals surface area contributed by atoms with Gasteiger partial charge in [-0.05, 0) is 24.7 Å². The fraction of sp³-hybridized carbons (Fsp3) is 0.455. The Kier molecular flexibility index (Phi) is 5.13. The molecule has 0 N–H and O–H groups in total. The van der Waals surface area contributed by atoms with E-state index in [1.54, 1.807) is 0 Å². The zero-order valence-corrected chi connectivity index (χ0v) is 11.7. The van der Waals surface area contributed by atoms with E-state index in [9.17, 15) is 0 Å². The maximum absolute atomic E-state index is 3.55. The molecule has 0 saturated heterocycles. The van der Waals surface area contributed by atoms with Gasteiger partial charge in [-0.3, -0.25) is 0 Å². The fourth-order valence-electron chi connectivity index (χ4n) is 1.44. The minimum atomic E-state index is 0.541. The maximum Gasteiger partial charge on any atom is 0.0244 e. The second kappa shape index (κ2) is 5.89. The predicted molar refractivity (Wildman–Crippen MR) is 68.9 cm³/mol. The second-order valence-electron chi connectivity index (χ2n) is 3.61. The van der Waals surface area contributed by atoms with Crippen LogP contribution in [0.25, 0.3) is 0 Å². The number of halogens is 2. The summed E-state index contributed by atoms with van der Waals surface area (Å²) in [5.74, 6) is 0. The number of hydrogen-bond acceptors (Lipinski definition) is 1. The molecule has 1 rings (SSSR count). The Labute approximate surface area is 103 Å². The highest BCUT2D eigenvalue weighted by Crippen LogP contribution is 2.13. The first kappa shape index (κ1) is 12.2. The van der Waals surface area contributed by atoms with Crippen LogP contribution >= 0.6 is 31.9 Å². The summed E-state index contributed by atoms with van der Waals surface area (Å²) < 4.78 is 1.15. The predicted octanol–water partition coefficient (Wildman–Crippen LogP) is 3.66. The van der Waals surface area contributed by atoms with Gasteiger partial charge < -0.3 is 4.90 Å². The highest BCUT2D eigenvalue weighted by atomic mass is 79.9. The normalized spacial score (nSPS) is 13.2. The third-order valence-electron chi connectivity index (χ3n) is 1.90. The van der Waals surface area contributed by atoms with Crippen LogP contribution in [-0.4, -0.2) is 23.3 Å². The van der Waals surface area contributed by atoms with Crippen molar-refractivity contribution in [2.75, 3.05) is 13.6 Å². The number of nitrogens with zero attached hydrogens (tertiary/aromatic N) is 1. The SMILES string of the molecule is CC(Br)CN(C)Cc1cccc(Br)c1. The molecule has 0 spiro atoms. The van der Waals surface area contributed by atoms with Gasteiger partial charge in [-0.1, -0.05) is 50.9 Å². The van der Waals surface area contributed by atoms with Crippen LogP contribution in [0.5, 0.6) is 0 Å². The molecule has 0 radical (unpaired) electrons. The Morgan fingerprint density at radius 1 is 1.43 bits per heavy atom. The summed E-state index contributed by atoms with van der Waals surface area (Å²) in [5.41, 5.74) is 1.34. The topological polar surface area (TPSA) is 3.24 Å². The summed E-state index contributed by atoms with van der Waals surface area (Å²) in [5, 5.41) is 0. The number of alkyl halides is 1. The van der Waals surface area contributed by atoms with Crippen LogP contribution in [0.2, 0.25) is 0 Å². The molecule has 0 aliphatic heterocycles. The zero-order chi connectivity index (χ0) is 10.6. The van der Waals surface area contributed by atoms with E-state index in [2.05, 4.69) is 75.0 Å². The van der Waals surface area contributed by atoms with Crippen molar-refractivity contribution in [3.63, 3.8) is 0 Å². The van der Waals surface area contributed by atoms with Crippen molar-refractivity contribution in [2.45, 2.75) is 18.3 Å². The van der Waals surface area contributed by atoms with Crippen molar-refractivity contribution in [2.24, 2.45) is 0 Å². The third kappa shape index (κ3) is 4.58. The van der Waals surface area contributed by atoms with E-state index in [4.69, 9.17) is 0 Å². The molecule has 14 heavy (non-hydrogen) atoms. The van der Waals surface area contributed by atoms with Gasteiger partial charge in [-0.15, -0.1) is 0 Å². The molecule has 0 aliphatic carbocycles. The van der Waals surface area contributed by atoms with Gasteiger partial charge in [0.05, 0.1) is 0 Å².